The van der Waals surface area contributed by atoms with Crippen LogP contribution in [0, 0.1) is 11.3 Å². The summed E-state index contributed by atoms with van der Waals surface area (Å²) in [4.78, 5) is 7.37. The molecule has 3 rings (SSSR count). The fourth-order valence-corrected chi connectivity index (χ4v) is 4.96. The second-order valence-electron chi connectivity index (χ2n) is 9.84. The molecule has 0 spiro atoms. The van der Waals surface area contributed by atoms with Gasteiger partial charge in [-0.3, -0.25) is 4.90 Å². The summed E-state index contributed by atoms with van der Waals surface area (Å²) in [5.41, 5.74) is 2.93. The van der Waals surface area contributed by atoms with Crippen LogP contribution in [0.15, 0.2) is 24.3 Å². The Hall–Kier alpha value is -1.10. The van der Waals surface area contributed by atoms with Crippen LogP contribution in [0.1, 0.15) is 45.6 Å². The Morgan fingerprint density at radius 2 is 1.74 bits per heavy atom. The highest BCUT2D eigenvalue weighted by molar-refractivity contribution is 5.54. The Kier molecular flexibility index (Phi) is 6.50. The molecule has 0 radical (unpaired) electrons. The van der Waals surface area contributed by atoms with Crippen LogP contribution >= 0.6 is 0 Å². The Morgan fingerprint density at radius 3 is 2.37 bits per heavy atom. The van der Waals surface area contributed by atoms with Gasteiger partial charge >= 0.3 is 0 Å². The Balaban J connectivity index is 1.66. The lowest BCUT2D eigenvalue weighted by Crippen LogP contribution is -2.47. The molecule has 0 amide bonds. The minimum absolute atomic E-state index is 0.178. The molecular formula is C23H39N3O. The van der Waals surface area contributed by atoms with Crippen LogP contribution in [0.3, 0.4) is 0 Å². The van der Waals surface area contributed by atoms with E-state index in [2.05, 4.69) is 73.8 Å². The number of piperidine rings is 2. The van der Waals surface area contributed by atoms with Crippen LogP contribution < -0.4 is 4.90 Å². The fourth-order valence-electron chi connectivity index (χ4n) is 4.96. The van der Waals surface area contributed by atoms with Gasteiger partial charge in [-0.1, -0.05) is 39.0 Å². The van der Waals surface area contributed by atoms with Crippen molar-refractivity contribution in [3.8, 4) is 0 Å². The number of aliphatic hydroxyl groups excluding tert-OH is 1. The standard InChI is InChI=1S/C23H39N3O/c1-23(2,3)20-12-15-26(17-22(20)27)16-18-8-6-7-9-21(18)25(5)19-10-13-24(4)14-11-19/h6-9,19-20,22,27H,10-17H2,1-5H3/t20-,22-/m1/s1. The van der Waals surface area contributed by atoms with Gasteiger partial charge in [-0.2, -0.15) is 0 Å². The van der Waals surface area contributed by atoms with E-state index in [4.69, 9.17) is 0 Å². The predicted molar refractivity (Wildman–Crippen MR) is 114 cm³/mol. The van der Waals surface area contributed by atoms with Crippen molar-refractivity contribution in [2.45, 2.75) is 58.7 Å². The summed E-state index contributed by atoms with van der Waals surface area (Å²) in [6.07, 6.45) is 3.32. The minimum Gasteiger partial charge on any atom is -0.391 e. The highest BCUT2D eigenvalue weighted by atomic mass is 16.3. The van der Waals surface area contributed by atoms with Gasteiger partial charge in [-0.25, -0.2) is 0 Å². The summed E-state index contributed by atoms with van der Waals surface area (Å²) in [5.74, 6) is 0.394. The number of rotatable bonds is 4. The van der Waals surface area contributed by atoms with E-state index < -0.39 is 0 Å². The van der Waals surface area contributed by atoms with E-state index in [1.807, 2.05) is 0 Å². The quantitative estimate of drug-likeness (QED) is 0.876. The molecule has 2 saturated heterocycles. The maximum absolute atomic E-state index is 10.7. The van der Waals surface area contributed by atoms with E-state index in [0.717, 1.165) is 26.1 Å². The van der Waals surface area contributed by atoms with Crippen LogP contribution in [-0.2, 0) is 6.54 Å². The first-order valence-electron chi connectivity index (χ1n) is 10.7. The number of anilines is 1. The molecule has 0 bridgehead atoms. The molecule has 0 aliphatic carbocycles. The maximum atomic E-state index is 10.7. The van der Waals surface area contributed by atoms with Crippen molar-refractivity contribution >= 4 is 5.69 Å². The first-order valence-corrected chi connectivity index (χ1v) is 10.7. The second kappa shape index (κ2) is 8.50. The number of hydrogen-bond donors (Lipinski definition) is 1. The number of aliphatic hydroxyl groups is 1. The van der Waals surface area contributed by atoms with Crippen LogP contribution in [0.4, 0.5) is 5.69 Å². The van der Waals surface area contributed by atoms with Crippen molar-refractivity contribution in [2.75, 3.05) is 45.2 Å². The molecule has 152 valence electrons. The molecule has 1 aromatic carbocycles. The topological polar surface area (TPSA) is 30.0 Å². The summed E-state index contributed by atoms with van der Waals surface area (Å²) in [6.45, 7) is 11.9. The molecule has 2 fully saturated rings. The zero-order chi connectivity index (χ0) is 19.6. The number of nitrogens with zero attached hydrogens (tertiary/aromatic N) is 3. The molecule has 27 heavy (non-hydrogen) atoms. The summed E-state index contributed by atoms with van der Waals surface area (Å²) in [6, 6.07) is 9.47. The van der Waals surface area contributed by atoms with E-state index in [0.29, 0.717) is 12.0 Å². The molecule has 4 nitrogen and oxygen atoms in total. The van der Waals surface area contributed by atoms with Gasteiger partial charge in [0.15, 0.2) is 0 Å². The van der Waals surface area contributed by atoms with Gasteiger partial charge in [0.1, 0.15) is 0 Å². The van der Waals surface area contributed by atoms with Gasteiger partial charge in [-0.15, -0.1) is 0 Å². The van der Waals surface area contributed by atoms with E-state index in [-0.39, 0.29) is 11.5 Å². The summed E-state index contributed by atoms with van der Waals surface area (Å²) in [5, 5.41) is 10.7. The average Bonchev–Trinajstić information content (AvgIpc) is 2.61. The molecule has 0 saturated carbocycles. The molecule has 2 aliphatic rings. The zero-order valence-corrected chi connectivity index (χ0v) is 18.0. The Bertz CT molecular complexity index is 604. The lowest BCUT2D eigenvalue weighted by atomic mass is 9.73. The predicted octanol–water partition coefficient (Wildman–Crippen LogP) is 3.45. The second-order valence-corrected chi connectivity index (χ2v) is 9.84. The normalized spacial score (nSPS) is 26.3. The molecule has 0 aromatic heterocycles. The molecule has 2 atom stereocenters. The third-order valence-electron chi connectivity index (χ3n) is 6.78. The third-order valence-corrected chi connectivity index (χ3v) is 6.78. The molecule has 0 unspecified atom stereocenters. The van der Waals surface area contributed by atoms with Crippen molar-refractivity contribution in [1.29, 1.82) is 0 Å². The van der Waals surface area contributed by atoms with E-state index in [9.17, 15) is 5.11 Å². The van der Waals surface area contributed by atoms with Crippen molar-refractivity contribution in [2.24, 2.45) is 11.3 Å². The fraction of sp³-hybridized carbons (Fsp3) is 0.739. The number of hydrogen-bond acceptors (Lipinski definition) is 4. The van der Waals surface area contributed by atoms with Crippen LogP contribution in [0.25, 0.3) is 0 Å². The molecular weight excluding hydrogens is 334 g/mol. The van der Waals surface area contributed by atoms with Gasteiger partial charge in [0, 0.05) is 31.9 Å². The summed E-state index contributed by atoms with van der Waals surface area (Å²) < 4.78 is 0. The number of benzene rings is 1. The van der Waals surface area contributed by atoms with E-state index in [1.165, 1.54) is 37.2 Å². The van der Waals surface area contributed by atoms with Gasteiger partial charge in [0.25, 0.3) is 0 Å². The first-order chi connectivity index (χ1) is 12.8. The smallest absolute Gasteiger partial charge is 0.0700 e. The van der Waals surface area contributed by atoms with Gasteiger partial charge < -0.3 is 14.9 Å². The third kappa shape index (κ3) is 5.04. The minimum atomic E-state index is -0.225. The van der Waals surface area contributed by atoms with Crippen molar-refractivity contribution < 1.29 is 5.11 Å². The SMILES string of the molecule is CN1CCC(N(C)c2ccccc2CN2CC[C@@H](C(C)(C)C)[C@H](O)C2)CC1. The first kappa shape index (κ1) is 20.6. The Labute approximate surface area is 166 Å². The largest absolute Gasteiger partial charge is 0.391 e. The van der Waals surface area contributed by atoms with Crippen LogP contribution in [0.2, 0.25) is 0 Å². The molecule has 2 aliphatic heterocycles. The van der Waals surface area contributed by atoms with Gasteiger partial charge in [0.05, 0.1) is 6.10 Å². The van der Waals surface area contributed by atoms with E-state index in [1.54, 1.807) is 0 Å². The van der Waals surface area contributed by atoms with Crippen molar-refractivity contribution in [1.82, 2.24) is 9.80 Å². The number of likely N-dealkylation sites (tertiary alicyclic amines) is 2. The van der Waals surface area contributed by atoms with Crippen LogP contribution in [-0.4, -0.2) is 67.3 Å². The number of para-hydroxylation sites is 1. The number of β-amino-alcohol motifs (C(OH)–C–C–N with tert-alkyl or cyclic N) is 1. The monoisotopic (exact) mass is 373 g/mol. The average molecular weight is 374 g/mol. The lowest BCUT2D eigenvalue weighted by molar-refractivity contribution is -0.0264. The van der Waals surface area contributed by atoms with Crippen LogP contribution in [0.5, 0.6) is 0 Å². The highest BCUT2D eigenvalue weighted by Gasteiger charge is 2.35. The highest BCUT2D eigenvalue weighted by Crippen LogP contribution is 2.35. The molecule has 1 N–H and O–H groups in total. The van der Waals surface area contributed by atoms with Gasteiger partial charge in [0.2, 0.25) is 0 Å². The summed E-state index contributed by atoms with van der Waals surface area (Å²) in [7, 11) is 4.48. The zero-order valence-electron chi connectivity index (χ0n) is 18.0. The van der Waals surface area contributed by atoms with Gasteiger partial charge in [-0.05, 0) is 68.9 Å². The lowest BCUT2D eigenvalue weighted by Gasteiger charge is -2.43. The maximum Gasteiger partial charge on any atom is 0.0700 e. The molecule has 1 aromatic rings. The Morgan fingerprint density at radius 1 is 1.07 bits per heavy atom. The molecule has 2 heterocycles. The molecule has 4 heteroatoms. The van der Waals surface area contributed by atoms with E-state index >= 15 is 0 Å². The summed E-state index contributed by atoms with van der Waals surface area (Å²) >= 11 is 0. The van der Waals surface area contributed by atoms with Crippen molar-refractivity contribution in [3.63, 3.8) is 0 Å². The van der Waals surface area contributed by atoms with Crippen molar-refractivity contribution in [3.05, 3.63) is 29.8 Å².